The van der Waals surface area contributed by atoms with Gasteiger partial charge in [0.2, 0.25) is 5.82 Å². The minimum Gasteiger partial charge on any atom is -0.394 e. The molecule has 8 nitrogen and oxygen atoms in total. The molecule has 0 amide bonds. The maximum absolute atomic E-state index is 14.0. The van der Waals surface area contributed by atoms with Crippen LogP contribution < -0.4 is 11.2 Å². The zero-order chi connectivity index (χ0) is 19.6. The van der Waals surface area contributed by atoms with Crippen molar-refractivity contribution in [2.45, 2.75) is 38.2 Å². The normalized spacial score (nSPS) is 22.3. The SMILES string of the molecule is O=c1c(F)cn([C@H]2C[C@H](O)[C@@H](CO)O2)c(=O)n1COCc1ccc(Cl)cc1. The lowest BCUT2D eigenvalue weighted by Crippen LogP contribution is -2.43. The van der Waals surface area contributed by atoms with E-state index >= 15 is 0 Å². The second-order valence-electron chi connectivity index (χ2n) is 6.12. The summed E-state index contributed by atoms with van der Waals surface area (Å²) in [7, 11) is 0. The fourth-order valence-corrected chi connectivity index (χ4v) is 2.92. The fraction of sp³-hybridized carbons (Fsp3) is 0.412. The van der Waals surface area contributed by atoms with Crippen LogP contribution >= 0.6 is 11.6 Å². The molecule has 0 aliphatic carbocycles. The van der Waals surface area contributed by atoms with E-state index in [0.29, 0.717) is 9.59 Å². The molecule has 1 aromatic heterocycles. The van der Waals surface area contributed by atoms with E-state index in [0.717, 1.165) is 16.3 Å². The van der Waals surface area contributed by atoms with Gasteiger partial charge in [-0.05, 0) is 17.7 Å². The van der Waals surface area contributed by atoms with Crippen LogP contribution in [-0.4, -0.2) is 38.2 Å². The lowest BCUT2D eigenvalue weighted by atomic mass is 10.2. The van der Waals surface area contributed by atoms with E-state index in [2.05, 4.69) is 0 Å². The molecular weight excluding hydrogens is 383 g/mol. The summed E-state index contributed by atoms with van der Waals surface area (Å²) in [5, 5.41) is 19.5. The maximum Gasteiger partial charge on any atom is 0.335 e. The van der Waals surface area contributed by atoms with Crippen molar-refractivity contribution in [3.05, 3.63) is 67.7 Å². The van der Waals surface area contributed by atoms with Crippen molar-refractivity contribution in [2.24, 2.45) is 0 Å². The molecular formula is C17H18ClFN2O6. The molecule has 27 heavy (non-hydrogen) atoms. The molecule has 3 atom stereocenters. The van der Waals surface area contributed by atoms with Crippen LogP contribution in [-0.2, 0) is 22.8 Å². The van der Waals surface area contributed by atoms with Crippen molar-refractivity contribution in [1.29, 1.82) is 0 Å². The third-order valence-corrected chi connectivity index (χ3v) is 4.50. The highest BCUT2D eigenvalue weighted by atomic mass is 35.5. The lowest BCUT2D eigenvalue weighted by molar-refractivity contribution is -0.0475. The van der Waals surface area contributed by atoms with Gasteiger partial charge >= 0.3 is 5.69 Å². The molecule has 0 bridgehead atoms. The maximum atomic E-state index is 14.0. The van der Waals surface area contributed by atoms with Gasteiger partial charge in [0.1, 0.15) is 19.1 Å². The Bertz CT molecular complexity index is 913. The van der Waals surface area contributed by atoms with Crippen molar-refractivity contribution in [3.8, 4) is 0 Å². The van der Waals surface area contributed by atoms with E-state index in [4.69, 9.17) is 26.2 Å². The van der Waals surface area contributed by atoms with Gasteiger partial charge in [0.05, 0.1) is 25.5 Å². The summed E-state index contributed by atoms with van der Waals surface area (Å²) in [5.41, 5.74) is -1.20. The Labute approximate surface area is 158 Å². The van der Waals surface area contributed by atoms with Gasteiger partial charge in [-0.25, -0.2) is 9.36 Å². The highest BCUT2D eigenvalue weighted by Crippen LogP contribution is 2.27. The number of aromatic nitrogens is 2. The summed E-state index contributed by atoms with van der Waals surface area (Å²) in [6, 6.07) is 6.78. The predicted molar refractivity (Wildman–Crippen MR) is 92.8 cm³/mol. The molecule has 0 unspecified atom stereocenters. The number of rotatable bonds is 6. The zero-order valence-corrected chi connectivity index (χ0v) is 14.9. The largest absolute Gasteiger partial charge is 0.394 e. The monoisotopic (exact) mass is 400 g/mol. The first kappa shape index (κ1) is 19.7. The molecule has 0 spiro atoms. The van der Waals surface area contributed by atoms with E-state index in [1.807, 2.05) is 0 Å². The minimum absolute atomic E-state index is 0.0194. The van der Waals surface area contributed by atoms with Crippen LogP contribution in [0.4, 0.5) is 4.39 Å². The molecule has 2 N–H and O–H groups in total. The highest BCUT2D eigenvalue weighted by molar-refractivity contribution is 6.30. The van der Waals surface area contributed by atoms with Crippen molar-refractivity contribution >= 4 is 11.6 Å². The van der Waals surface area contributed by atoms with Crippen LogP contribution in [0.3, 0.4) is 0 Å². The number of ether oxygens (including phenoxy) is 2. The van der Waals surface area contributed by atoms with Gasteiger partial charge in [-0.2, -0.15) is 4.39 Å². The predicted octanol–water partition coefficient (Wildman–Crippen LogP) is 0.617. The first-order valence-corrected chi connectivity index (χ1v) is 8.56. The Balaban J connectivity index is 1.79. The van der Waals surface area contributed by atoms with Gasteiger partial charge < -0.3 is 19.7 Å². The number of benzene rings is 1. The van der Waals surface area contributed by atoms with E-state index in [1.54, 1.807) is 24.3 Å². The first-order chi connectivity index (χ1) is 12.9. The van der Waals surface area contributed by atoms with Crippen LogP contribution in [0.2, 0.25) is 5.02 Å². The summed E-state index contributed by atoms with van der Waals surface area (Å²) in [6.07, 6.45) is -2.17. The third-order valence-electron chi connectivity index (χ3n) is 4.25. The Morgan fingerprint density at radius 3 is 2.63 bits per heavy atom. The zero-order valence-electron chi connectivity index (χ0n) is 14.1. The van der Waals surface area contributed by atoms with Gasteiger partial charge in [0.15, 0.2) is 0 Å². The van der Waals surface area contributed by atoms with Crippen LogP contribution in [0.25, 0.3) is 0 Å². The van der Waals surface area contributed by atoms with Gasteiger partial charge in [-0.3, -0.25) is 9.36 Å². The second kappa shape index (κ2) is 8.32. The topological polar surface area (TPSA) is 103 Å². The molecule has 2 heterocycles. The van der Waals surface area contributed by atoms with Gasteiger partial charge in [0.25, 0.3) is 5.56 Å². The Morgan fingerprint density at radius 2 is 2.00 bits per heavy atom. The van der Waals surface area contributed by atoms with Crippen molar-refractivity contribution in [2.75, 3.05) is 6.61 Å². The van der Waals surface area contributed by atoms with Crippen LogP contribution in [0, 0.1) is 5.82 Å². The quantitative estimate of drug-likeness (QED) is 0.736. The first-order valence-electron chi connectivity index (χ1n) is 8.18. The number of aliphatic hydroxyl groups excluding tert-OH is 2. The molecule has 146 valence electrons. The summed E-state index contributed by atoms with van der Waals surface area (Å²) < 4.78 is 26.2. The Hall–Kier alpha value is -2.04. The molecule has 2 aromatic rings. The summed E-state index contributed by atoms with van der Waals surface area (Å²) in [4.78, 5) is 24.5. The number of hydrogen-bond acceptors (Lipinski definition) is 6. The van der Waals surface area contributed by atoms with Crippen LogP contribution in [0.1, 0.15) is 18.2 Å². The van der Waals surface area contributed by atoms with Crippen LogP contribution in [0.5, 0.6) is 0 Å². The van der Waals surface area contributed by atoms with Gasteiger partial charge in [-0.15, -0.1) is 0 Å². The average Bonchev–Trinajstić information content (AvgIpc) is 3.03. The standard InChI is InChI=1S/C17H18ClFN2O6/c18-11-3-1-10(2-4-11)8-26-9-21-16(24)12(19)6-20(17(21)25)15-5-13(23)14(7-22)27-15/h1-4,6,13-15,22-23H,5,7-9H2/t13-,14+,15+/m0/s1. The van der Waals surface area contributed by atoms with Gasteiger partial charge in [0, 0.05) is 11.4 Å². The molecule has 1 saturated heterocycles. The van der Waals surface area contributed by atoms with Crippen molar-refractivity contribution in [3.63, 3.8) is 0 Å². The summed E-state index contributed by atoms with van der Waals surface area (Å²) in [6.45, 7) is -0.819. The lowest BCUT2D eigenvalue weighted by Gasteiger charge is -2.16. The number of aliphatic hydroxyl groups is 2. The molecule has 1 fully saturated rings. The summed E-state index contributed by atoms with van der Waals surface area (Å²) in [5.74, 6) is -1.16. The molecule has 1 aliphatic rings. The molecule has 10 heteroatoms. The number of halogens is 2. The Kier molecular flexibility index (Phi) is 6.08. The number of hydrogen-bond donors (Lipinski definition) is 2. The Morgan fingerprint density at radius 1 is 1.30 bits per heavy atom. The van der Waals surface area contributed by atoms with Crippen molar-refractivity contribution < 1.29 is 24.1 Å². The molecule has 0 saturated carbocycles. The van der Waals surface area contributed by atoms with E-state index in [1.165, 1.54) is 0 Å². The average molecular weight is 401 g/mol. The molecule has 0 radical (unpaired) electrons. The van der Waals surface area contributed by atoms with Gasteiger partial charge in [-0.1, -0.05) is 23.7 Å². The second-order valence-corrected chi connectivity index (χ2v) is 6.56. The molecule has 3 rings (SSSR count). The van der Waals surface area contributed by atoms with Crippen LogP contribution in [0.15, 0.2) is 40.1 Å². The third kappa shape index (κ3) is 4.28. The van der Waals surface area contributed by atoms with E-state index < -0.39 is 48.8 Å². The van der Waals surface area contributed by atoms with Crippen molar-refractivity contribution in [1.82, 2.24) is 9.13 Å². The number of nitrogens with zero attached hydrogens (tertiary/aromatic N) is 2. The molecule has 1 aliphatic heterocycles. The highest BCUT2D eigenvalue weighted by Gasteiger charge is 2.35. The van der Waals surface area contributed by atoms with E-state index in [9.17, 15) is 19.1 Å². The molecule has 1 aromatic carbocycles. The smallest absolute Gasteiger partial charge is 0.335 e. The summed E-state index contributed by atoms with van der Waals surface area (Å²) >= 11 is 5.79. The van der Waals surface area contributed by atoms with E-state index in [-0.39, 0.29) is 13.0 Å². The minimum atomic E-state index is -1.16. The fourth-order valence-electron chi connectivity index (χ4n) is 2.79.